The number of hydrogen-bond donors (Lipinski definition) is 2. The van der Waals surface area contributed by atoms with E-state index >= 15 is 0 Å². The van der Waals surface area contributed by atoms with Crippen LogP contribution in [-0.2, 0) is 0 Å². The molecule has 0 bridgehead atoms. The first-order chi connectivity index (χ1) is 8.34. The van der Waals surface area contributed by atoms with Crippen molar-refractivity contribution in [1.29, 1.82) is 0 Å². The number of carbonyl (C=O) groups excluding carboxylic acids is 1. The largest absolute Gasteiger partial charge is 0.323 e. The predicted molar refractivity (Wildman–Crippen MR) is 71.9 cm³/mol. The highest BCUT2D eigenvalue weighted by atomic mass is 32.1. The van der Waals surface area contributed by atoms with Gasteiger partial charge in [0.05, 0.1) is 0 Å². The fourth-order valence-electron chi connectivity index (χ4n) is 1.27. The minimum absolute atomic E-state index is 0.246. The summed E-state index contributed by atoms with van der Waals surface area (Å²) in [5.41, 5.74) is 0.773. The third-order valence-corrected chi connectivity index (χ3v) is 2.87. The lowest BCUT2D eigenvalue weighted by molar-refractivity contribution is 0.255. The molecule has 0 aliphatic heterocycles. The van der Waals surface area contributed by atoms with Crippen LogP contribution in [-0.4, -0.2) is 6.03 Å². The van der Waals surface area contributed by atoms with Crippen LogP contribution in [0.2, 0.25) is 0 Å². The predicted octanol–water partition coefficient (Wildman–Crippen LogP) is 3.54. The van der Waals surface area contributed by atoms with E-state index in [0.29, 0.717) is 0 Å². The van der Waals surface area contributed by atoms with Crippen LogP contribution >= 0.6 is 11.3 Å². The lowest BCUT2D eigenvalue weighted by atomic mass is 10.3. The van der Waals surface area contributed by atoms with Crippen LogP contribution in [0.1, 0.15) is 4.88 Å². The van der Waals surface area contributed by atoms with Gasteiger partial charge in [-0.15, -0.1) is 11.3 Å². The molecule has 0 spiro atoms. The highest BCUT2D eigenvalue weighted by molar-refractivity contribution is 7.10. The highest BCUT2D eigenvalue weighted by Gasteiger charge is 1.97. The van der Waals surface area contributed by atoms with Gasteiger partial charge in [-0.3, -0.25) is 0 Å². The fraction of sp³-hybridized carbons (Fsp3) is 0. The maximum absolute atomic E-state index is 11.5. The molecule has 1 aromatic heterocycles. The molecule has 86 valence electrons. The van der Waals surface area contributed by atoms with Crippen LogP contribution in [0.4, 0.5) is 10.5 Å². The summed E-state index contributed by atoms with van der Waals surface area (Å²) in [6, 6.07) is 13.0. The third kappa shape index (κ3) is 3.77. The molecule has 2 aromatic rings. The Morgan fingerprint density at radius 3 is 2.65 bits per heavy atom. The maximum atomic E-state index is 11.5. The van der Waals surface area contributed by atoms with Crippen LogP contribution in [0.3, 0.4) is 0 Å². The van der Waals surface area contributed by atoms with Crippen molar-refractivity contribution >= 4 is 29.1 Å². The molecule has 4 heteroatoms. The highest BCUT2D eigenvalue weighted by Crippen LogP contribution is 2.09. The molecule has 0 aliphatic carbocycles. The first-order valence-corrected chi connectivity index (χ1v) is 6.05. The summed E-state index contributed by atoms with van der Waals surface area (Å²) >= 11 is 1.62. The van der Waals surface area contributed by atoms with E-state index in [4.69, 9.17) is 0 Å². The van der Waals surface area contributed by atoms with Gasteiger partial charge in [-0.1, -0.05) is 24.3 Å². The van der Waals surface area contributed by atoms with Crippen molar-refractivity contribution in [1.82, 2.24) is 5.32 Å². The molecule has 0 radical (unpaired) electrons. The molecule has 0 aliphatic rings. The molecule has 3 nitrogen and oxygen atoms in total. The number of urea groups is 1. The van der Waals surface area contributed by atoms with E-state index < -0.39 is 0 Å². The summed E-state index contributed by atoms with van der Waals surface area (Å²) in [7, 11) is 0. The zero-order valence-electron chi connectivity index (χ0n) is 9.09. The smallest absolute Gasteiger partial charge is 0.314 e. The SMILES string of the molecule is O=C(NC=Cc1cccs1)Nc1ccccc1. The molecular weight excluding hydrogens is 232 g/mol. The second-order valence-corrected chi connectivity index (χ2v) is 4.29. The summed E-state index contributed by atoms with van der Waals surface area (Å²) in [5.74, 6) is 0. The number of carbonyl (C=O) groups is 1. The molecule has 0 fully saturated rings. The molecule has 1 aromatic carbocycles. The second-order valence-electron chi connectivity index (χ2n) is 3.31. The summed E-state index contributed by atoms with van der Waals surface area (Å²) in [5, 5.41) is 7.36. The van der Waals surface area contributed by atoms with Crippen molar-refractivity contribution in [3.63, 3.8) is 0 Å². The standard InChI is InChI=1S/C13H12N2OS/c16-13(15-11-5-2-1-3-6-11)14-9-8-12-7-4-10-17-12/h1-10H,(H2,14,15,16). The Bertz CT molecular complexity index is 491. The lowest BCUT2D eigenvalue weighted by Crippen LogP contribution is -2.23. The van der Waals surface area contributed by atoms with Gasteiger partial charge in [0.25, 0.3) is 0 Å². The molecule has 2 N–H and O–H groups in total. The first-order valence-electron chi connectivity index (χ1n) is 5.17. The van der Waals surface area contributed by atoms with Gasteiger partial charge in [-0.2, -0.15) is 0 Å². The Labute approximate surface area is 104 Å². The van der Waals surface area contributed by atoms with Crippen molar-refractivity contribution in [3.8, 4) is 0 Å². The number of hydrogen-bond acceptors (Lipinski definition) is 2. The van der Waals surface area contributed by atoms with E-state index in [2.05, 4.69) is 10.6 Å². The van der Waals surface area contributed by atoms with E-state index in [1.165, 1.54) is 0 Å². The summed E-state index contributed by atoms with van der Waals surface area (Å²) in [6.07, 6.45) is 3.49. The van der Waals surface area contributed by atoms with Gasteiger partial charge < -0.3 is 10.6 Å². The van der Waals surface area contributed by atoms with Crippen LogP contribution in [0.25, 0.3) is 6.08 Å². The van der Waals surface area contributed by atoms with Gasteiger partial charge in [0.2, 0.25) is 0 Å². The molecule has 1 heterocycles. The van der Waals surface area contributed by atoms with Gasteiger partial charge in [0, 0.05) is 16.8 Å². The number of amides is 2. The average Bonchev–Trinajstić information content (AvgIpc) is 2.83. The monoisotopic (exact) mass is 244 g/mol. The lowest BCUT2D eigenvalue weighted by Gasteiger charge is -2.03. The number of anilines is 1. The molecule has 0 saturated heterocycles. The topological polar surface area (TPSA) is 41.1 Å². The summed E-state index contributed by atoms with van der Waals surface area (Å²) < 4.78 is 0. The Morgan fingerprint density at radius 2 is 1.94 bits per heavy atom. The minimum Gasteiger partial charge on any atom is -0.314 e. The van der Waals surface area contributed by atoms with Crippen molar-refractivity contribution < 1.29 is 4.79 Å². The van der Waals surface area contributed by atoms with Crippen LogP contribution in [0.5, 0.6) is 0 Å². The van der Waals surface area contributed by atoms with Crippen molar-refractivity contribution in [2.75, 3.05) is 5.32 Å². The average molecular weight is 244 g/mol. The van der Waals surface area contributed by atoms with Crippen molar-refractivity contribution in [2.24, 2.45) is 0 Å². The van der Waals surface area contributed by atoms with E-state index in [1.54, 1.807) is 17.5 Å². The van der Waals surface area contributed by atoms with Crippen LogP contribution < -0.4 is 10.6 Å². The number of benzene rings is 1. The minimum atomic E-state index is -0.246. The van der Waals surface area contributed by atoms with Crippen molar-refractivity contribution in [2.45, 2.75) is 0 Å². The van der Waals surface area contributed by atoms with Gasteiger partial charge >= 0.3 is 6.03 Å². The van der Waals surface area contributed by atoms with E-state index in [0.717, 1.165) is 10.6 Å². The molecule has 0 saturated carbocycles. The Balaban J connectivity index is 1.82. The Morgan fingerprint density at radius 1 is 1.12 bits per heavy atom. The number of para-hydroxylation sites is 1. The molecule has 0 unspecified atom stereocenters. The Hall–Kier alpha value is -2.07. The van der Waals surface area contributed by atoms with Gasteiger partial charge in [-0.05, 0) is 29.7 Å². The van der Waals surface area contributed by atoms with E-state index in [1.807, 2.05) is 53.9 Å². The molecule has 2 amide bonds. The number of rotatable bonds is 3. The van der Waals surface area contributed by atoms with Gasteiger partial charge in [0.1, 0.15) is 0 Å². The normalized spacial score (nSPS) is 10.4. The van der Waals surface area contributed by atoms with Crippen LogP contribution in [0, 0.1) is 0 Å². The van der Waals surface area contributed by atoms with Gasteiger partial charge in [-0.25, -0.2) is 4.79 Å². The molecular formula is C13H12N2OS. The van der Waals surface area contributed by atoms with Crippen LogP contribution in [0.15, 0.2) is 54.0 Å². The fourth-order valence-corrected chi connectivity index (χ4v) is 1.89. The maximum Gasteiger partial charge on any atom is 0.323 e. The Kier molecular flexibility index (Phi) is 3.94. The number of nitrogens with one attached hydrogen (secondary N) is 2. The summed E-state index contributed by atoms with van der Waals surface area (Å²) in [6.45, 7) is 0. The van der Waals surface area contributed by atoms with E-state index in [9.17, 15) is 4.79 Å². The molecule has 2 rings (SSSR count). The zero-order valence-corrected chi connectivity index (χ0v) is 9.91. The van der Waals surface area contributed by atoms with Crippen molar-refractivity contribution in [3.05, 3.63) is 58.9 Å². The first kappa shape index (κ1) is 11.4. The van der Waals surface area contributed by atoms with E-state index in [-0.39, 0.29) is 6.03 Å². The third-order valence-electron chi connectivity index (χ3n) is 2.04. The molecule has 17 heavy (non-hydrogen) atoms. The quantitative estimate of drug-likeness (QED) is 0.851. The molecule has 0 atom stereocenters. The van der Waals surface area contributed by atoms with Gasteiger partial charge in [0.15, 0.2) is 0 Å². The summed E-state index contributed by atoms with van der Waals surface area (Å²) in [4.78, 5) is 12.6. The number of thiophene rings is 1. The second kappa shape index (κ2) is 5.86. The zero-order chi connectivity index (χ0) is 11.9.